The Kier molecular flexibility index (Phi) is 76.0. The average Bonchev–Trinajstić information content (AvgIpc) is 0.911. The minimum absolute atomic E-state index is 0.108. The summed E-state index contributed by atoms with van der Waals surface area (Å²) in [6, 6.07) is 0. The SMILES string of the molecule is CCCCCCCCCCCCCCCCCCCCCCCC(=O)O[C@H](COC(=O)CCCCCCCCCCCCCCCC(C)C)COP(=O)(O)OC[C@@H](O)COP(=O)(O)OC[C@@H](COC(=O)CCCCCCCCCCCCCCC)OC(=O)CCCCCCCCCCCCCCC(C)C. The highest BCUT2D eigenvalue weighted by Gasteiger charge is 2.30. The van der Waals surface area contributed by atoms with Crippen molar-refractivity contribution in [1.82, 2.24) is 0 Å². The molecule has 0 aromatic heterocycles. The van der Waals surface area contributed by atoms with Crippen LogP contribution in [0.3, 0.4) is 0 Å². The van der Waals surface area contributed by atoms with Crippen LogP contribution in [-0.2, 0) is 65.4 Å². The summed E-state index contributed by atoms with van der Waals surface area (Å²) in [5, 5.41) is 10.7. The van der Waals surface area contributed by atoms with Gasteiger partial charge < -0.3 is 33.8 Å². The molecule has 0 saturated carbocycles. The zero-order chi connectivity index (χ0) is 77.1. The van der Waals surface area contributed by atoms with Gasteiger partial charge in [-0.25, -0.2) is 9.13 Å². The molecule has 0 spiro atoms. The molecule has 0 aliphatic heterocycles. The van der Waals surface area contributed by atoms with Gasteiger partial charge in [-0.3, -0.25) is 37.3 Å². The van der Waals surface area contributed by atoms with Crippen LogP contribution in [0.1, 0.15) is 459 Å². The molecule has 0 aromatic carbocycles. The molecule has 5 atom stereocenters. The van der Waals surface area contributed by atoms with Gasteiger partial charge in [-0.05, 0) is 37.5 Å². The molecule has 0 aliphatic carbocycles. The Hall–Kier alpha value is -1.94. The molecule has 0 rings (SSSR count). The summed E-state index contributed by atoms with van der Waals surface area (Å²) in [7, 11) is -9.93. The number of ether oxygens (including phenoxy) is 4. The molecule has 0 amide bonds. The van der Waals surface area contributed by atoms with Crippen LogP contribution < -0.4 is 0 Å². The molecule has 19 heteroatoms. The van der Waals surface area contributed by atoms with Gasteiger partial charge in [0.25, 0.3) is 0 Å². The van der Waals surface area contributed by atoms with Crippen molar-refractivity contribution in [3.8, 4) is 0 Å². The normalized spacial score (nSPS) is 13.8. The van der Waals surface area contributed by atoms with Gasteiger partial charge in [0.2, 0.25) is 0 Å². The van der Waals surface area contributed by atoms with Gasteiger partial charge in [0.1, 0.15) is 19.3 Å². The standard InChI is InChI=1S/C86H168O17P2/c1-7-9-11-13-15-17-19-21-22-23-24-25-26-27-28-32-40-46-52-58-64-70-85(90)102-81(75-97-84(89)69-63-57-51-45-39-33-29-31-36-42-48-54-60-66-78(3)4)76-100-104(92,93)98-72-80(87)73-99-105(94,95)101-77-82(74-96-83(88)68-62-56-50-44-38-30-20-18-16-14-12-10-8-2)103-86(91)71-65-59-53-47-41-35-34-37-43-49-55-61-67-79(5)6/h78-82,87H,7-77H2,1-6H3,(H,92,93)(H,94,95)/t80-,81-,82-/m1/s1. The first-order valence-electron chi connectivity index (χ1n) is 44.5. The topological polar surface area (TPSA) is 237 Å². The molecule has 0 radical (unpaired) electrons. The number of aliphatic hydroxyl groups is 1. The molecule has 0 bridgehead atoms. The molecule has 0 saturated heterocycles. The van der Waals surface area contributed by atoms with E-state index in [1.54, 1.807) is 0 Å². The Balaban J connectivity index is 5.25. The minimum Gasteiger partial charge on any atom is -0.462 e. The fraction of sp³-hybridized carbons (Fsp3) is 0.953. The maximum absolute atomic E-state index is 13.1. The second-order valence-electron chi connectivity index (χ2n) is 31.9. The average molecular weight is 1540 g/mol. The summed E-state index contributed by atoms with van der Waals surface area (Å²) in [4.78, 5) is 73.3. The van der Waals surface area contributed by atoms with Crippen molar-refractivity contribution in [2.45, 2.75) is 477 Å². The second-order valence-corrected chi connectivity index (χ2v) is 34.8. The Labute approximate surface area is 645 Å². The smallest absolute Gasteiger partial charge is 0.462 e. The van der Waals surface area contributed by atoms with Crippen LogP contribution in [0.2, 0.25) is 0 Å². The maximum Gasteiger partial charge on any atom is 0.472 e. The molecule has 0 aliphatic rings. The summed E-state index contributed by atoms with van der Waals surface area (Å²) >= 11 is 0. The van der Waals surface area contributed by atoms with Gasteiger partial charge >= 0.3 is 39.5 Å². The van der Waals surface area contributed by atoms with E-state index in [1.165, 1.54) is 276 Å². The van der Waals surface area contributed by atoms with Crippen molar-refractivity contribution in [2.75, 3.05) is 39.6 Å². The van der Waals surface area contributed by atoms with Crippen LogP contribution in [-0.4, -0.2) is 96.7 Å². The lowest BCUT2D eigenvalue weighted by atomic mass is 10.0. The van der Waals surface area contributed by atoms with Crippen molar-refractivity contribution in [3.63, 3.8) is 0 Å². The first-order chi connectivity index (χ1) is 50.9. The quantitative estimate of drug-likeness (QED) is 0.0222. The van der Waals surface area contributed by atoms with Gasteiger partial charge in [-0.15, -0.1) is 0 Å². The number of unbranched alkanes of at least 4 members (excludes halogenated alkanes) is 55. The molecular formula is C86H168O17P2. The predicted molar refractivity (Wildman–Crippen MR) is 432 cm³/mol. The van der Waals surface area contributed by atoms with E-state index < -0.39 is 97.5 Å². The number of esters is 4. The summed E-state index contributed by atoms with van der Waals surface area (Å²) in [6.45, 7) is 9.70. The molecule has 3 N–H and O–H groups in total. The van der Waals surface area contributed by atoms with Crippen molar-refractivity contribution >= 4 is 39.5 Å². The molecule has 17 nitrogen and oxygen atoms in total. The zero-order valence-electron chi connectivity index (χ0n) is 69.0. The predicted octanol–water partition coefficient (Wildman–Crippen LogP) is 26.2. The van der Waals surface area contributed by atoms with E-state index in [2.05, 4.69) is 41.5 Å². The molecule has 105 heavy (non-hydrogen) atoms. The lowest BCUT2D eigenvalue weighted by Crippen LogP contribution is -2.30. The van der Waals surface area contributed by atoms with Crippen LogP contribution >= 0.6 is 15.6 Å². The Morgan fingerprint density at radius 3 is 0.648 bits per heavy atom. The molecule has 2 unspecified atom stereocenters. The van der Waals surface area contributed by atoms with Crippen molar-refractivity contribution in [3.05, 3.63) is 0 Å². The van der Waals surface area contributed by atoms with Gasteiger partial charge in [0.15, 0.2) is 12.2 Å². The number of hydrogen-bond donors (Lipinski definition) is 3. The number of phosphoric acid groups is 2. The lowest BCUT2D eigenvalue weighted by Gasteiger charge is -2.21. The van der Waals surface area contributed by atoms with E-state index in [0.717, 1.165) is 102 Å². The number of aliphatic hydroxyl groups excluding tert-OH is 1. The van der Waals surface area contributed by atoms with Crippen LogP contribution in [0, 0.1) is 11.8 Å². The molecule has 624 valence electrons. The monoisotopic (exact) mass is 1540 g/mol. The van der Waals surface area contributed by atoms with Crippen LogP contribution in [0.5, 0.6) is 0 Å². The number of hydrogen-bond acceptors (Lipinski definition) is 15. The highest BCUT2D eigenvalue weighted by Crippen LogP contribution is 2.45. The summed E-state index contributed by atoms with van der Waals surface area (Å²) in [5.74, 6) is -0.533. The Morgan fingerprint density at radius 1 is 0.257 bits per heavy atom. The minimum atomic E-state index is -4.97. The molecule has 0 fully saturated rings. The van der Waals surface area contributed by atoms with Gasteiger partial charge in [-0.1, -0.05) is 408 Å². The third kappa shape index (κ3) is 79.9. The Bertz CT molecular complexity index is 2010. The fourth-order valence-corrected chi connectivity index (χ4v) is 15.0. The van der Waals surface area contributed by atoms with Crippen LogP contribution in [0.4, 0.5) is 0 Å². The molecular weight excluding hydrogens is 1370 g/mol. The van der Waals surface area contributed by atoms with Crippen molar-refractivity contribution in [2.24, 2.45) is 11.8 Å². The van der Waals surface area contributed by atoms with Gasteiger partial charge in [0.05, 0.1) is 26.4 Å². The Morgan fingerprint density at radius 2 is 0.438 bits per heavy atom. The van der Waals surface area contributed by atoms with Crippen molar-refractivity contribution in [1.29, 1.82) is 0 Å². The second kappa shape index (κ2) is 77.4. The van der Waals surface area contributed by atoms with Crippen LogP contribution in [0.25, 0.3) is 0 Å². The van der Waals surface area contributed by atoms with E-state index in [-0.39, 0.29) is 25.7 Å². The van der Waals surface area contributed by atoms with E-state index in [9.17, 15) is 43.2 Å². The number of phosphoric ester groups is 2. The summed E-state index contributed by atoms with van der Waals surface area (Å²) in [6.07, 6.45) is 69.3. The van der Waals surface area contributed by atoms with E-state index in [0.29, 0.717) is 25.7 Å². The first-order valence-corrected chi connectivity index (χ1v) is 47.5. The highest BCUT2D eigenvalue weighted by atomic mass is 31.2. The third-order valence-corrected chi connectivity index (χ3v) is 22.1. The first kappa shape index (κ1) is 103. The van der Waals surface area contributed by atoms with Gasteiger partial charge in [-0.2, -0.15) is 0 Å². The summed E-state index contributed by atoms with van der Waals surface area (Å²) in [5.41, 5.74) is 0. The molecule has 0 heterocycles. The van der Waals surface area contributed by atoms with E-state index >= 15 is 0 Å². The number of carbonyl (C=O) groups is 4. The third-order valence-electron chi connectivity index (χ3n) is 20.2. The maximum atomic E-state index is 13.1. The van der Waals surface area contributed by atoms with Crippen LogP contribution in [0.15, 0.2) is 0 Å². The fourth-order valence-electron chi connectivity index (χ4n) is 13.4. The van der Waals surface area contributed by atoms with Gasteiger partial charge in [0, 0.05) is 25.7 Å². The zero-order valence-corrected chi connectivity index (χ0v) is 70.8. The van der Waals surface area contributed by atoms with Crippen molar-refractivity contribution < 1.29 is 80.2 Å². The lowest BCUT2D eigenvalue weighted by molar-refractivity contribution is -0.161. The van der Waals surface area contributed by atoms with E-state index in [4.69, 9.17) is 37.0 Å². The highest BCUT2D eigenvalue weighted by molar-refractivity contribution is 7.47. The number of carbonyl (C=O) groups excluding carboxylic acids is 4. The number of rotatable bonds is 85. The largest absolute Gasteiger partial charge is 0.472 e. The molecule has 0 aromatic rings. The van der Waals surface area contributed by atoms with E-state index in [1.807, 2.05) is 0 Å². The summed E-state index contributed by atoms with van der Waals surface area (Å²) < 4.78 is 68.9.